The monoisotopic (exact) mass is 307 g/mol. The van der Waals surface area contributed by atoms with Crippen LogP contribution in [0.25, 0.3) is 0 Å². The zero-order valence-corrected chi connectivity index (χ0v) is 12.9. The number of rotatable bonds is 4. The van der Waals surface area contributed by atoms with Gasteiger partial charge in [-0.1, -0.05) is 6.92 Å². The maximum Gasteiger partial charge on any atom is 0.259 e. The van der Waals surface area contributed by atoms with Gasteiger partial charge in [0.15, 0.2) is 9.84 Å². The first-order valence-electron chi connectivity index (χ1n) is 6.51. The number of carbonyl (C=O) groups is 1. The highest BCUT2D eigenvalue weighted by molar-refractivity contribution is 7.91. The van der Waals surface area contributed by atoms with Crippen molar-refractivity contribution in [2.45, 2.75) is 25.7 Å². The second-order valence-corrected chi connectivity index (χ2v) is 6.97. The van der Waals surface area contributed by atoms with Gasteiger partial charge < -0.3 is 5.32 Å². The van der Waals surface area contributed by atoms with E-state index in [4.69, 9.17) is 0 Å². The standard InChI is InChI=1S/C14H17N3O3S/c1-4-21(19,20)12-7-5-11(6-8-12)15-14(18)13-9(2)16-17-10(13)3/h5-8H,4H2,1-3H3,(H,15,18)(H,16,17). The molecule has 0 saturated carbocycles. The number of aromatic amines is 1. The molecule has 2 N–H and O–H groups in total. The molecule has 0 aliphatic rings. The SMILES string of the molecule is CCS(=O)(=O)c1ccc(NC(=O)c2c(C)n[nH]c2C)cc1. The molecule has 7 heteroatoms. The summed E-state index contributed by atoms with van der Waals surface area (Å²) in [6, 6.07) is 6.13. The third-order valence-electron chi connectivity index (χ3n) is 3.21. The zero-order valence-electron chi connectivity index (χ0n) is 12.1. The molecule has 2 aromatic rings. The fourth-order valence-electron chi connectivity index (χ4n) is 1.99. The quantitative estimate of drug-likeness (QED) is 0.904. The van der Waals surface area contributed by atoms with Crippen LogP contribution in [0.5, 0.6) is 0 Å². The molecular weight excluding hydrogens is 290 g/mol. The lowest BCUT2D eigenvalue weighted by molar-refractivity contribution is 0.102. The molecule has 0 aliphatic carbocycles. The number of aryl methyl sites for hydroxylation is 2. The molecule has 21 heavy (non-hydrogen) atoms. The van der Waals surface area contributed by atoms with Gasteiger partial charge in [0.05, 0.1) is 21.9 Å². The van der Waals surface area contributed by atoms with Crippen molar-refractivity contribution in [2.75, 3.05) is 11.1 Å². The van der Waals surface area contributed by atoms with Crippen molar-refractivity contribution in [2.24, 2.45) is 0 Å². The normalized spacial score (nSPS) is 11.4. The number of sulfone groups is 1. The summed E-state index contributed by atoms with van der Waals surface area (Å²) >= 11 is 0. The van der Waals surface area contributed by atoms with Crippen molar-refractivity contribution < 1.29 is 13.2 Å². The predicted molar refractivity (Wildman–Crippen MR) is 80.2 cm³/mol. The molecule has 1 heterocycles. The van der Waals surface area contributed by atoms with E-state index >= 15 is 0 Å². The molecule has 112 valence electrons. The molecule has 1 aromatic heterocycles. The maximum atomic E-state index is 12.2. The Labute approximate surface area is 123 Å². The van der Waals surface area contributed by atoms with Crippen LogP contribution in [0, 0.1) is 13.8 Å². The summed E-state index contributed by atoms with van der Waals surface area (Å²) in [5.74, 6) is -0.226. The molecule has 0 atom stereocenters. The summed E-state index contributed by atoms with van der Waals surface area (Å²) in [6.07, 6.45) is 0. The van der Waals surface area contributed by atoms with Crippen molar-refractivity contribution in [1.82, 2.24) is 10.2 Å². The number of anilines is 1. The Hall–Kier alpha value is -2.15. The molecular formula is C14H17N3O3S. The summed E-state index contributed by atoms with van der Waals surface area (Å²) in [4.78, 5) is 12.4. The minimum absolute atomic E-state index is 0.0477. The third-order valence-corrected chi connectivity index (χ3v) is 4.96. The van der Waals surface area contributed by atoms with Crippen LogP contribution in [0.2, 0.25) is 0 Å². The van der Waals surface area contributed by atoms with Gasteiger partial charge in [-0.05, 0) is 38.1 Å². The smallest absolute Gasteiger partial charge is 0.259 e. The van der Waals surface area contributed by atoms with Crippen LogP contribution in [-0.2, 0) is 9.84 Å². The zero-order chi connectivity index (χ0) is 15.6. The van der Waals surface area contributed by atoms with Crippen LogP contribution in [0.15, 0.2) is 29.2 Å². The molecule has 0 radical (unpaired) electrons. The van der Waals surface area contributed by atoms with Gasteiger partial charge in [0.25, 0.3) is 5.91 Å². The molecule has 0 fully saturated rings. The third kappa shape index (κ3) is 3.13. The number of nitrogens with one attached hydrogen (secondary N) is 2. The first-order chi connectivity index (χ1) is 9.85. The average molecular weight is 307 g/mol. The summed E-state index contributed by atoms with van der Waals surface area (Å²) in [5, 5.41) is 9.45. The predicted octanol–water partition coefficient (Wildman–Crippen LogP) is 2.07. The first-order valence-corrected chi connectivity index (χ1v) is 8.16. The minimum Gasteiger partial charge on any atom is -0.322 e. The number of hydrogen-bond donors (Lipinski definition) is 2. The number of aromatic nitrogens is 2. The highest BCUT2D eigenvalue weighted by Gasteiger charge is 2.16. The van der Waals surface area contributed by atoms with Gasteiger partial charge in [-0.25, -0.2) is 8.42 Å². The van der Waals surface area contributed by atoms with Crippen molar-refractivity contribution in [3.05, 3.63) is 41.2 Å². The average Bonchev–Trinajstić information content (AvgIpc) is 2.78. The van der Waals surface area contributed by atoms with Crippen molar-refractivity contribution >= 4 is 21.4 Å². The highest BCUT2D eigenvalue weighted by Crippen LogP contribution is 2.17. The molecule has 0 saturated heterocycles. The Morgan fingerprint density at radius 2 is 1.86 bits per heavy atom. The van der Waals surface area contributed by atoms with Crippen molar-refractivity contribution in [3.8, 4) is 0 Å². The Kier molecular flexibility index (Phi) is 4.13. The fraction of sp³-hybridized carbons (Fsp3) is 0.286. The van der Waals surface area contributed by atoms with E-state index in [9.17, 15) is 13.2 Å². The van der Waals surface area contributed by atoms with Gasteiger partial charge in [0, 0.05) is 11.4 Å². The van der Waals surface area contributed by atoms with Crippen molar-refractivity contribution in [3.63, 3.8) is 0 Å². The number of H-pyrrole nitrogens is 1. The molecule has 1 aromatic carbocycles. The van der Waals surface area contributed by atoms with Gasteiger partial charge in [-0.2, -0.15) is 5.10 Å². The molecule has 6 nitrogen and oxygen atoms in total. The van der Waals surface area contributed by atoms with E-state index in [2.05, 4.69) is 15.5 Å². The van der Waals surface area contributed by atoms with E-state index in [1.807, 2.05) is 0 Å². The largest absolute Gasteiger partial charge is 0.322 e. The van der Waals surface area contributed by atoms with Crippen LogP contribution in [0.4, 0.5) is 5.69 Å². The lowest BCUT2D eigenvalue weighted by atomic mass is 10.2. The maximum absolute atomic E-state index is 12.2. The molecule has 1 amide bonds. The first kappa shape index (κ1) is 15.2. The van der Waals surface area contributed by atoms with Gasteiger partial charge in [-0.3, -0.25) is 9.89 Å². The Bertz CT molecular complexity index is 742. The summed E-state index contributed by atoms with van der Waals surface area (Å²) in [5.41, 5.74) is 2.35. The number of benzene rings is 1. The number of hydrogen-bond acceptors (Lipinski definition) is 4. The number of nitrogens with zero attached hydrogens (tertiary/aromatic N) is 1. The summed E-state index contributed by atoms with van der Waals surface area (Å²) in [7, 11) is -3.23. The van der Waals surface area contributed by atoms with Gasteiger partial charge >= 0.3 is 0 Å². The van der Waals surface area contributed by atoms with Crippen LogP contribution < -0.4 is 5.32 Å². The van der Waals surface area contributed by atoms with E-state index in [0.717, 1.165) is 0 Å². The lowest BCUT2D eigenvalue weighted by Gasteiger charge is -2.07. The van der Waals surface area contributed by atoms with Crippen LogP contribution >= 0.6 is 0 Å². The van der Waals surface area contributed by atoms with Crippen LogP contribution in [-0.4, -0.2) is 30.3 Å². The summed E-state index contributed by atoms with van der Waals surface area (Å²) in [6.45, 7) is 5.11. The Morgan fingerprint density at radius 1 is 1.24 bits per heavy atom. The van der Waals surface area contributed by atoms with Gasteiger partial charge in [-0.15, -0.1) is 0 Å². The van der Waals surface area contributed by atoms with E-state index in [-0.39, 0.29) is 16.6 Å². The van der Waals surface area contributed by atoms with Crippen LogP contribution in [0.1, 0.15) is 28.7 Å². The second-order valence-electron chi connectivity index (χ2n) is 4.69. The lowest BCUT2D eigenvalue weighted by Crippen LogP contribution is -2.14. The molecule has 0 spiro atoms. The fourth-order valence-corrected chi connectivity index (χ4v) is 2.88. The summed E-state index contributed by atoms with van der Waals surface area (Å²) < 4.78 is 23.4. The Morgan fingerprint density at radius 3 is 2.33 bits per heavy atom. The van der Waals surface area contributed by atoms with E-state index in [1.54, 1.807) is 32.9 Å². The van der Waals surface area contributed by atoms with Gasteiger partial charge in [0.1, 0.15) is 0 Å². The highest BCUT2D eigenvalue weighted by atomic mass is 32.2. The van der Waals surface area contributed by atoms with Gasteiger partial charge in [0.2, 0.25) is 0 Å². The minimum atomic E-state index is -3.23. The topological polar surface area (TPSA) is 91.9 Å². The molecule has 2 rings (SSSR count). The van der Waals surface area contributed by atoms with E-state index < -0.39 is 9.84 Å². The number of carbonyl (C=O) groups excluding carboxylic acids is 1. The molecule has 0 bridgehead atoms. The van der Waals surface area contributed by atoms with E-state index in [0.29, 0.717) is 22.6 Å². The molecule has 0 unspecified atom stereocenters. The second kappa shape index (κ2) is 5.69. The van der Waals surface area contributed by atoms with Crippen LogP contribution in [0.3, 0.4) is 0 Å². The number of amides is 1. The molecule has 0 aliphatic heterocycles. The van der Waals surface area contributed by atoms with Crippen molar-refractivity contribution in [1.29, 1.82) is 0 Å². The Balaban J connectivity index is 2.20. The van der Waals surface area contributed by atoms with E-state index in [1.165, 1.54) is 12.1 Å².